The van der Waals surface area contributed by atoms with Gasteiger partial charge in [0, 0.05) is 34.4 Å². The highest BCUT2D eigenvalue weighted by atomic mass is 79.9. The number of carboxylic acid groups (broad SMARTS) is 1. The number of benzene rings is 2. The molecule has 0 unspecified atom stereocenters. The van der Waals surface area contributed by atoms with E-state index in [9.17, 15) is 9.90 Å². The van der Waals surface area contributed by atoms with Gasteiger partial charge in [-0.2, -0.15) is 0 Å². The molecular formula is C17H13BrN3O2-. The zero-order valence-corrected chi connectivity index (χ0v) is 13.7. The largest absolute Gasteiger partial charge is 0.550 e. The molecule has 0 fully saturated rings. The van der Waals surface area contributed by atoms with E-state index in [0.717, 1.165) is 26.6 Å². The molecule has 0 radical (unpaired) electrons. The first-order valence-electron chi connectivity index (χ1n) is 7.10. The van der Waals surface area contributed by atoms with Crippen molar-refractivity contribution in [3.63, 3.8) is 0 Å². The number of carboxylic acids is 1. The number of aliphatic carboxylic acids is 1. The number of rotatable bonds is 5. The van der Waals surface area contributed by atoms with Gasteiger partial charge in [0.2, 0.25) is 5.95 Å². The zero-order chi connectivity index (χ0) is 16.2. The fraction of sp³-hybridized carbons (Fsp3) is 0.118. The summed E-state index contributed by atoms with van der Waals surface area (Å²) in [5.41, 5.74) is 2.56. The molecule has 0 amide bonds. The van der Waals surface area contributed by atoms with Crippen LogP contribution in [0.5, 0.6) is 0 Å². The standard InChI is InChI=1S/C17H14BrN3O2/c18-12-6-7-14-13(10-12)16(11-4-2-1-3-5-11)21-17(20-14)19-9-8-15(22)23/h1-7,10H,8-9H2,(H,22,23)(H,19,20,21)/p-1. The van der Waals surface area contributed by atoms with Crippen LogP contribution >= 0.6 is 15.9 Å². The number of aromatic nitrogens is 2. The number of carbonyl (C=O) groups is 1. The lowest BCUT2D eigenvalue weighted by Crippen LogP contribution is -2.25. The summed E-state index contributed by atoms with van der Waals surface area (Å²) in [6.45, 7) is 0.221. The van der Waals surface area contributed by atoms with E-state index >= 15 is 0 Å². The molecule has 0 saturated carbocycles. The van der Waals surface area contributed by atoms with Crippen molar-refractivity contribution in [1.29, 1.82) is 0 Å². The van der Waals surface area contributed by atoms with Crippen molar-refractivity contribution >= 4 is 38.8 Å². The van der Waals surface area contributed by atoms with Gasteiger partial charge in [-0.3, -0.25) is 0 Å². The van der Waals surface area contributed by atoms with Crippen LogP contribution in [0.4, 0.5) is 5.95 Å². The highest BCUT2D eigenvalue weighted by Gasteiger charge is 2.10. The Morgan fingerprint density at radius 3 is 2.65 bits per heavy atom. The summed E-state index contributed by atoms with van der Waals surface area (Å²) in [6, 6.07) is 15.6. The highest BCUT2D eigenvalue weighted by molar-refractivity contribution is 9.10. The Labute approximate surface area is 141 Å². The normalized spacial score (nSPS) is 10.7. The summed E-state index contributed by atoms with van der Waals surface area (Å²) in [5.74, 6) is -0.703. The van der Waals surface area contributed by atoms with Crippen molar-refractivity contribution in [3.8, 4) is 11.3 Å². The fourth-order valence-corrected chi connectivity index (χ4v) is 2.63. The third-order valence-corrected chi connectivity index (χ3v) is 3.81. The van der Waals surface area contributed by atoms with Crippen LogP contribution < -0.4 is 10.4 Å². The summed E-state index contributed by atoms with van der Waals surface area (Å²) in [4.78, 5) is 19.5. The molecule has 0 saturated heterocycles. The number of halogens is 1. The lowest BCUT2D eigenvalue weighted by molar-refractivity contribution is -0.305. The first kappa shape index (κ1) is 15.4. The predicted octanol–water partition coefficient (Wildman–Crippen LogP) is 2.61. The summed E-state index contributed by atoms with van der Waals surface area (Å²) in [5, 5.41) is 14.4. The smallest absolute Gasteiger partial charge is 0.223 e. The van der Waals surface area contributed by atoms with E-state index in [-0.39, 0.29) is 13.0 Å². The minimum absolute atomic E-state index is 0.0948. The Bertz CT molecular complexity index is 853. The van der Waals surface area contributed by atoms with Gasteiger partial charge in [0.25, 0.3) is 0 Å². The van der Waals surface area contributed by atoms with Crippen LogP contribution in [0.2, 0.25) is 0 Å². The molecule has 0 aliphatic carbocycles. The number of carbonyl (C=O) groups excluding carboxylic acids is 1. The van der Waals surface area contributed by atoms with Crippen LogP contribution in [-0.4, -0.2) is 22.5 Å². The molecule has 6 heteroatoms. The maximum atomic E-state index is 10.5. The predicted molar refractivity (Wildman–Crippen MR) is 90.8 cm³/mol. The number of hydrogen-bond donors (Lipinski definition) is 1. The maximum absolute atomic E-state index is 10.5. The SMILES string of the molecule is O=C([O-])CCNc1nc(-c2ccccc2)c2cc(Br)ccc2n1. The second kappa shape index (κ2) is 6.75. The Balaban J connectivity index is 2.07. The molecule has 0 aliphatic rings. The average molecular weight is 371 g/mol. The van der Waals surface area contributed by atoms with Crippen molar-refractivity contribution in [3.05, 3.63) is 53.0 Å². The molecule has 0 bridgehead atoms. The van der Waals surface area contributed by atoms with Gasteiger partial charge < -0.3 is 15.2 Å². The zero-order valence-electron chi connectivity index (χ0n) is 12.1. The second-order valence-corrected chi connectivity index (χ2v) is 5.89. The first-order valence-corrected chi connectivity index (χ1v) is 7.89. The molecule has 0 atom stereocenters. The van der Waals surface area contributed by atoms with Gasteiger partial charge >= 0.3 is 0 Å². The van der Waals surface area contributed by atoms with Crippen molar-refractivity contribution < 1.29 is 9.90 Å². The lowest BCUT2D eigenvalue weighted by Gasteiger charge is -2.11. The Morgan fingerprint density at radius 2 is 1.91 bits per heavy atom. The number of nitrogens with one attached hydrogen (secondary N) is 1. The van der Waals surface area contributed by atoms with E-state index in [1.165, 1.54) is 0 Å². The molecule has 3 aromatic rings. The monoisotopic (exact) mass is 370 g/mol. The van der Waals surface area contributed by atoms with E-state index in [4.69, 9.17) is 0 Å². The molecule has 1 N–H and O–H groups in total. The average Bonchev–Trinajstić information content (AvgIpc) is 2.55. The minimum atomic E-state index is -1.11. The molecule has 1 aromatic heterocycles. The fourth-order valence-electron chi connectivity index (χ4n) is 2.27. The van der Waals surface area contributed by atoms with Crippen LogP contribution in [-0.2, 0) is 4.79 Å². The maximum Gasteiger partial charge on any atom is 0.223 e. The number of hydrogen-bond acceptors (Lipinski definition) is 5. The van der Waals surface area contributed by atoms with Gasteiger partial charge in [-0.1, -0.05) is 46.3 Å². The van der Waals surface area contributed by atoms with Crippen LogP contribution in [0.3, 0.4) is 0 Å². The first-order chi connectivity index (χ1) is 11.1. The highest BCUT2D eigenvalue weighted by Crippen LogP contribution is 2.29. The van der Waals surface area contributed by atoms with Crippen LogP contribution in [0.15, 0.2) is 53.0 Å². The Hall–Kier alpha value is -2.47. The summed E-state index contributed by atoms with van der Waals surface area (Å²) in [7, 11) is 0. The molecular weight excluding hydrogens is 358 g/mol. The lowest BCUT2D eigenvalue weighted by atomic mass is 10.1. The molecule has 2 aromatic carbocycles. The summed E-state index contributed by atoms with van der Waals surface area (Å²) >= 11 is 3.47. The van der Waals surface area contributed by atoms with E-state index in [2.05, 4.69) is 31.2 Å². The van der Waals surface area contributed by atoms with Crippen molar-refractivity contribution in [2.45, 2.75) is 6.42 Å². The van der Waals surface area contributed by atoms with Gasteiger partial charge in [-0.15, -0.1) is 0 Å². The van der Waals surface area contributed by atoms with E-state index in [0.29, 0.717) is 5.95 Å². The van der Waals surface area contributed by atoms with Crippen LogP contribution in [0.25, 0.3) is 22.2 Å². The number of nitrogens with zero attached hydrogens (tertiary/aromatic N) is 2. The van der Waals surface area contributed by atoms with Gasteiger partial charge in [0.15, 0.2) is 0 Å². The van der Waals surface area contributed by atoms with Crippen molar-refractivity contribution in [1.82, 2.24) is 9.97 Å². The Morgan fingerprint density at radius 1 is 1.13 bits per heavy atom. The van der Waals surface area contributed by atoms with Crippen LogP contribution in [0.1, 0.15) is 6.42 Å². The van der Waals surface area contributed by atoms with Crippen LogP contribution in [0, 0.1) is 0 Å². The number of anilines is 1. The molecule has 0 aliphatic heterocycles. The molecule has 1 heterocycles. The second-order valence-electron chi connectivity index (χ2n) is 4.97. The van der Waals surface area contributed by atoms with Gasteiger partial charge in [0.05, 0.1) is 11.2 Å². The topological polar surface area (TPSA) is 77.9 Å². The third-order valence-electron chi connectivity index (χ3n) is 3.32. The quantitative estimate of drug-likeness (QED) is 0.746. The van der Waals surface area contributed by atoms with Crippen molar-refractivity contribution in [2.24, 2.45) is 0 Å². The molecule has 23 heavy (non-hydrogen) atoms. The van der Waals surface area contributed by atoms with E-state index in [1.54, 1.807) is 0 Å². The van der Waals surface area contributed by atoms with Gasteiger partial charge in [0.1, 0.15) is 0 Å². The molecule has 3 rings (SSSR count). The van der Waals surface area contributed by atoms with E-state index < -0.39 is 5.97 Å². The molecule has 116 valence electrons. The van der Waals surface area contributed by atoms with Gasteiger partial charge in [-0.05, 0) is 18.2 Å². The number of fused-ring (bicyclic) bond motifs is 1. The van der Waals surface area contributed by atoms with E-state index in [1.807, 2.05) is 48.5 Å². The molecule has 5 nitrogen and oxygen atoms in total. The minimum Gasteiger partial charge on any atom is -0.550 e. The summed E-state index contributed by atoms with van der Waals surface area (Å²) in [6.07, 6.45) is -0.0948. The Kier molecular flexibility index (Phi) is 4.52. The summed E-state index contributed by atoms with van der Waals surface area (Å²) < 4.78 is 0.948. The van der Waals surface area contributed by atoms with Crippen molar-refractivity contribution in [2.75, 3.05) is 11.9 Å². The molecule has 0 spiro atoms. The third kappa shape index (κ3) is 3.65. The van der Waals surface area contributed by atoms with Gasteiger partial charge in [-0.25, -0.2) is 9.97 Å².